The highest BCUT2D eigenvalue weighted by Crippen LogP contribution is 2.27. The molecule has 114 valence electrons. The van der Waals surface area contributed by atoms with Crippen molar-refractivity contribution in [1.29, 1.82) is 0 Å². The van der Waals surface area contributed by atoms with Gasteiger partial charge in [0, 0.05) is 24.7 Å². The lowest BCUT2D eigenvalue weighted by Crippen LogP contribution is -2.32. The summed E-state index contributed by atoms with van der Waals surface area (Å²) in [6.45, 7) is 3.30. The van der Waals surface area contributed by atoms with Crippen LogP contribution < -0.4 is 10.6 Å². The number of benzene rings is 1. The first-order valence-corrected chi connectivity index (χ1v) is 7.42. The lowest BCUT2D eigenvalue weighted by Gasteiger charge is -2.25. The van der Waals surface area contributed by atoms with Gasteiger partial charge >= 0.3 is 0 Å². The zero-order valence-corrected chi connectivity index (χ0v) is 12.2. The molecule has 2 N–H and O–H groups in total. The van der Waals surface area contributed by atoms with E-state index in [1.54, 1.807) is 12.1 Å². The van der Waals surface area contributed by atoms with Gasteiger partial charge in [0.1, 0.15) is 5.69 Å². The van der Waals surface area contributed by atoms with Crippen LogP contribution in [-0.2, 0) is 0 Å². The Balaban J connectivity index is 2.06. The number of rotatable bonds is 7. The number of nitro benzene ring substituents is 1. The van der Waals surface area contributed by atoms with Gasteiger partial charge in [0.25, 0.3) is 11.6 Å². The fourth-order valence-electron chi connectivity index (χ4n) is 2.27. The average molecular weight is 291 g/mol. The number of anilines is 1. The van der Waals surface area contributed by atoms with Gasteiger partial charge in [-0.15, -0.1) is 0 Å². The summed E-state index contributed by atoms with van der Waals surface area (Å²) in [4.78, 5) is 22.7. The number of hydrogen-bond acceptors (Lipinski definition) is 4. The van der Waals surface area contributed by atoms with E-state index in [4.69, 9.17) is 0 Å². The smallest absolute Gasteiger partial charge is 0.293 e. The number of amides is 1. The van der Waals surface area contributed by atoms with E-state index in [1.807, 2.05) is 6.92 Å². The van der Waals surface area contributed by atoms with Gasteiger partial charge in [-0.3, -0.25) is 14.9 Å². The third-order valence-corrected chi connectivity index (χ3v) is 3.80. The standard InChI is InChI=1S/C15H21N3O3/c1-2-8-16-13-7-6-12(9-14(13)18(20)21)15(19)17-10-11-4-3-5-11/h6-7,9,11,16H,2-5,8,10H2,1H3,(H,17,19). The first-order valence-electron chi connectivity index (χ1n) is 7.42. The monoisotopic (exact) mass is 291 g/mol. The van der Waals surface area contributed by atoms with Gasteiger partial charge in [0.05, 0.1) is 4.92 Å². The molecule has 21 heavy (non-hydrogen) atoms. The van der Waals surface area contributed by atoms with Crippen LogP contribution in [-0.4, -0.2) is 23.9 Å². The molecule has 6 heteroatoms. The second-order valence-electron chi connectivity index (χ2n) is 5.42. The van der Waals surface area contributed by atoms with Crippen LogP contribution in [0.15, 0.2) is 18.2 Å². The fraction of sp³-hybridized carbons (Fsp3) is 0.533. The Labute approximate surface area is 124 Å². The van der Waals surface area contributed by atoms with Crippen LogP contribution in [0.5, 0.6) is 0 Å². The van der Waals surface area contributed by atoms with Gasteiger partial charge < -0.3 is 10.6 Å². The molecule has 0 radical (unpaired) electrons. The molecule has 1 aliphatic carbocycles. The number of carbonyl (C=O) groups excluding carboxylic acids is 1. The molecule has 2 rings (SSSR count). The maximum absolute atomic E-state index is 12.0. The van der Waals surface area contributed by atoms with Crippen molar-refractivity contribution >= 4 is 17.3 Å². The number of nitro groups is 1. The summed E-state index contributed by atoms with van der Waals surface area (Å²) >= 11 is 0. The fourth-order valence-corrected chi connectivity index (χ4v) is 2.27. The summed E-state index contributed by atoms with van der Waals surface area (Å²) in [5.41, 5.74) is 0.736. The van der Waals surface area contributed by atoms with E-state index < -0.39 is 4.92 Å². The Hall–Kier alpha value is -2.11. The molecule has 1 fully saturated rings. The molecule has 0 aromatic heterocycles. The molecule has 1 aliphatic rings. The Kier molecular flexibility index (Phi) is 5.14. The Morgan fingerprint density at radius 1 is 1.43 bits per heavy atom. The van der Waals surface area contributed by atoms with Crippen LogP contribution in [0.3, 0.4) is 0 Å². The molecule has 0 unspecified atom stereocenters. The molecule has 1 aromatic carbocycles. The third kappa shape index (κ3) is 3.93. The van der Waals surface area contributed by atoms with Gasteiger partial charge in [-0.05, 0) is 37.3 Å². The van der Waals surface area contributed by atoms with E-state index >= 15 is 0 Å². The van der Waals surface area contributed by atoms with Crippen molar-refractivity contribution in [3.05, 3.63) is 33.9 Å². The second-order valence-corrected chi connectivity index (χ2v) is 5.42. The Morgan fingerprint density at radius 2 is 2.19 bits per heavy atom. The minimum atomic E-state index is -0.458. The van der Waals surface area contributed by atoms with Crippen molar-refractivity contribution in [3.8, 4) is 0 Å². The molecule has 1 saturated carbocycles. The lowest BCUT2D eigenvalue weighted by atomic mass is 9.85. The van der Waals surface area contributed by atoms with Crippen molar-refractivity contribution in [2.45, 2.75) is 32.6 Å². The SMILES string of the molecule is CCCNc1ccc(C(=O)NCC2CCC2)cc1[N+](=O)[O-]. The van der Waals surface area contributed by atoms with Crippen LogP contribution in [0.1, 0.15) is 43.0 Å². The first kappa shape index (κ1) is 15.3. The van der Waals surface area contributed by atoms with E-state index in [9.17, 15) is 14.9 Å². The molecular formula is C15H21N3O3. The van der Waals surface area contributed by atoms with Gasteiger partial charge in [0.15, 0.2) is 0 Å². The molecule has 0 spiro atoms. The van der Waals surface area contributed by atoms with E-state index in [0.29, 0.717) is 30.3 Å². The van der Waals surface area contributed by atoms with E-state index in [-0.39, 0.29) is 11.6 Å². The first-order chi connectivity index (χ1) is 10.1. The minimum Gasteiger partial charge on any atom is -0.380 e. The van der Waals surface area contributed by atoms with Crippen molar-refractivity contribution in [2.75, 3.05) is 18.4 Å². The number of carbonyl (C=O) groups is 1. The van der Waals surface area contributed by atoms with Gasteiger partial charge in [-0.1, -0.05) is 13.3 Å². The van der Waals surface area contributed by atoms with Crippen LogP contribution >= 0.6 is 0 Å². The molecule has 0 atom stereocenters. The molecular weight excluding hydrogens is 270 g/mol. The van der Waals surface area contributed by atoms with Crippen molar-refractivity contribution in [2.24, 2.45) is 5.92 Å². The highest BCUT2D eigenvalue weighted by Gasteiger charge is 2.20. The van der Waals surface area contributed by atoms with Gasteiger partial charge in [-0.25, -0.2) is 0 Å². The van der Waals surface area contributed by atoms with E-state index in [2.05, 4.69) is 10.6 Å². The summed E-state index contributed by atoms with van der Waals surface area (Å²) in [6, 6.07) is 4.57. The van der Waals surface area contributed by atoms with Crippen molar-refractivity contribution < 1.29 is 9.72 Å². The summed E-state index contributed by atoms with van der Waals surface area (Å²) in [5, 5.41) is 17.0. The van der Waals surface area contributed by atoms with E-state index in [1.165, 1.54) is 12.5 Å². The topological polar surface area (TPSA) is 84.3 Å². The van der Waals surface area contributed by atoms with Crippen LogP contribution in [0.4, 0.5) is 11.4 Å². The molecule has 0 saturated heterocycles. The maximum atomic E-state index is 12.0. The molecule has 1 amide bonds. The average Bonchev–Trinajstić information content (AvgIpc) is 2.43. The maximum Gasteiger partial charge on any atom is 0.293 e. The predicted molar refractivity (Wildman–Crippen MR) is 81.6 cm³/mol. The zero-order valence-electron chi connectivity index (χ0n) is 12.2. The van der Waals surface area contributed by atoms with Gasteiger partial charge in [-0.2, -0.15) is 0 Å². The minimum absolute atomic E-state index is 0.0558. The Bertz CT molecular complexity index is 527. The second kappa shape index (κ2) is 7.06. The highest BCUT2D eigenvalue weighted by atomic mass is 16.6. The summed E-state index contributed by atoms with van der Waals surface area (Å²) < 4.78 is 0. The Morgan fingerprint density at radius 3 is 2.76 bits per heavy atom. The van der Waals surface area contributed by atoms with Crippen molar-refractivity contribution in [3.63, 3.8) is 0 Å². The molecule has 0 heterocycles. The van der Waals surface area contributed by atoms with Crippen LogP contribution in [0, 0.1) is 16.0 Å². The predicted octanol–water partition coefficient (Wildman–Crippen LogP) is 2.95. The zero-order chi connectivity index (χ0) is 15.2. The van der Waals surface area contributed by atoms with E-state index in [0.717, 1.165) is 19.3 Å². The number of nitrogens with one attached hydrogen (secondary N) is 2. The summed E-state index contributed by atoms with van der Waals surface area (Å²) in [5.74, 6) is 0.321. The number of hydrogen-bond donors (Lipinski definition) is 2. The number of nitrogens with zero attached hydrogens (tertiary/aromatic N) is 1. The molecule has 6 nitrogen and oxygen atoms in total. The highest BCUT2D eigenvalue weighted by molar-refractivity contribution is 5.95. The summed E-state index contributed by atoms with van der Waals surface area (Å²) in [7, 11) is 0. The molecule has 0 bridgehead atoms. The van der Waals surface area contributed by atoms with Gasteiger partial charge in [0.2, 0.25) is 0 Å². The summed E-state index contributed by atoms with van der Waals surface area (Å²) in [6.07, 6.45) is 4.41. The normalized spacial score (nSPS) is 14.3. The third-order valence-electron chi connectivity index (χ3n) is 3.80. The van der Waals surface area contributed by atoms with Crippen LogP contribution in [0.2, 0.25) is 0 Å². The van der Waals surface area contributed by atoms with Crippen LogP contribution in [0.25, 0.3) is 0 Å². The lowest BCUT2D eigenvalue weighted by molar-refractivity contribution is -0.384. The quantitative estimate of drug-likeness (QED) is 0.597. The molecule has 0 aliphatic heterocycles. The molecule has 1 aromatic rings. The van der Waals surface area contributed by atoms with Crippen molar-refractivity contribution in [1.82, 2.24) is 5.32 Å². The largest absolute Gasteiger partial charge is 0.380 e.